The van der Waals surface area contributed by atoms with E-state index < -0.39 is 0 Å². The van der Waals surface area contributed by atoms with E-state index in [-0.39, 0.29) is 5.91 Å². The SMILES string of the molecule is CC1CCN(C(=O)c2ccc3ocnc3c2)CC1. The van der Waals surface area contributed by atoms with Crippen molar-refractivity contribution in [2.24, 2.45) is 5.92 Å². The predicted molar refractivity (Wildman–Crippen MR) is 68.3 cm³/mol. The molecule has 0 spiro atoms. The summed E-state index contributed by atoms with van der Waals surface area (Å²) < 4.78 is 5.18. The third kappa shape index (κ3) is 1.98. The van der Waals surface area contributed by atoms with E-state index in [4.69, 9.17) is 4.42 Å². The molecule has 2 heterocycles. The van der Waals surface area contributed by atoms with E-state index in [2.05, 4.69) is 11.9 Å². The molecule has 1 aliphatic rings. The number of nitrogens with zero attached hydrogens (tertiary/aromatic N) is 2. The van der Waals surface area contributed by atoms with Gasteiger partial charge in [0.05, 0.1) is 0 Å². The van der Waals surface area contributed by atoms with Gasteiger partial charge in [-0.05, 0) is 37.0 Å². The van der Waals surface area contributed by atoms with Crippen molar-refractivity contribution >= 4 is 17.0 Å². The molecule has 0 aliphatic carbocycles. The summed E-state index contributed by atoms with van der Waals surface area (Å²) in [5.74, 6) is 0.832. The molecule has 0 N–H and O–H groups in total. The number of carbonyl (C=O) groups excluding carboxylic acids is 1. The lowest BCUT2D eigenvalue weighted by Gasteiger charge is -2.30. The first kappa shape index (κ1) is 11.3. The summed E-state index contributed by atoms with van der Waals surface area (Å²) in [6, 6.07) is 5.43. The van der Waals surface area contributed by atoms with Crippen molar-refractivity contribution in [1.82, 2.24) is 9.88 Å². The lowest BCUT2D eigenvalue weighted by Crippen LogP contribution is -2.37. The third-order valence-corrected chi connectivity index (χ3v) is 3.65. The van der Waals surface area contributed by atoms with Crippen molar-refractivity contribution in [3.8, 4) is 0 Å². The monoisotopic (exact) mass is 244 g/mol. The van der Waals surface area contributed by atoms with E-state index in [1.54, 1.807) is 6.07 Å². The zero-order chi connectivity index (χ0) is 12.5. The molecule has 2 aromatic rings. The molecular formula is C14H16N2O2. The van der Waals surface area contributed by atoms with Crippen molar-refractivity contribution in [2.75, 3.05) is 13.1 Å². The lowest BCUT2D eigenvalue weighted by molar-refractivity contribution is 0.0697. The number of rotatable bonds is 1. The molecule has 0 bridgehead atoms. The molecule has 1 saturated heterocycles. The van der Waals surface area contributed by atoms with Gasteiger partial charge >= 0.3 is 0 Å². The van der Waals surface area contributed by atoms with Crippen LogP contribution in [0, 0.1) is 5.92 Å². The number of oxazole rings is 1. The Morgan fingerprint density at radius 2 is 2.17 bits per heavy atom. The molecule has 18 heavy (non-hydrogen) atoms. The summed E-state index contributed by atoms with van der Waals surface area (Å²) in [5.41, 5.74) is 2.16. The maximum absolute atomic E-state index is 12.3. The summed E-state index contributed by atoms with van der Waals surface area (Å²) in [7, 11) is 0. The van der Waals surface area contributed by atoms with Crippen LogP contribution in [0.4, 0.5) is 0 Å². The minimum Gasteiger partial charge on any atom is -0.443 e. The second-order valence-electron chi connectivity index (χ2n) is 5.01. The minimum absolute atomic E-state index is 0.104. The summed E-state index contributed by atoms with van der Waals surface area (Å²) in [6.07, 6.45) is 3.59. The van der Waals surface area contributed by atoms with Crippen molar-refractivity contribution in [1.29, 1.82) is 0 Å². The summed E-state index contributed by atoms with van der Waals surface area (Å²) in [4.78, 5) is 18.4. The Bertz CT molecular complexity index is 568. The highest BCUT2D eigenvalue weighted by Crippen LogP contribution is 2.20. The normalized spacial score (nSPS) is 17.3. The van der Waals surface area contributed by atoms with Crippen LogP contribution in [0.1, 0.15) is 30.1 Å². The zero-order valence-corrected chi connectivity index (χ0v) is 10.4. The fourth-order valence-electron chi connectivity index (χ4n) is 2.39. The average molecular weight is 244 g/mol. The van der Waals surface area contributed by atoms with Gasteiger partial charge in [0.15, 0.2) is 12.0 Å². The molecule has 94 valence electrons. The molecule has 1 aromatic heterocycles. The van der Waals surface area contributed by atoms with E-state index in [1.807, 2.05) is 17.0 Å². The van der Waals surface area contributed by atoms with Crippen molar-refractivity contribution in [3.05, 3.63) is 30.2 Å². The number of fused-ring (bicyclic) bond motifs is 1. The van der Waals surface area contributed by atoms with Crippen molar-refractivity contribution in [2.45, 2.75) is 19.8 Å². The highest BCUT2D eigenvalue weighted by atomic mass is 16.3. The van der Waals surface area contributed by atoms with Gasteiger partial charge in [-0.15, -0.1) is 0 Å². The highest BCUT2D eigenvalue weighted by Gasteiger charge is 2.21. The Labute approximate surface area is 106 Å². The minimum atomic E-state index is 0.104. The Morgan fingerprint density at radius 1 is 1.39 bits per heavy atom. The Morgan fingerprint density at radius 3 is 2.94 bits per heavy atom. The number of benzene rings is 1. The van der Waals surface area contributed by atoms with Crippen LogP contribution in [-0.4, -0.2) is 28.9 Å². The second kappa shape index (κ2) is 4.44. The first-order valence-corrected chi connectivity index (χ1v) is 6.36. The highest BCUT2D eigenvalue weighted by molar-refractivity contribution is 5.97. The standard InChI is InChI=1S/C14H16N2O2/c1-10-4-6-16(7-5-10)14(17)11-2-3-13-12(8-11)15-9-18-13/h2-3,8-10H,4-7H2,1H3. The zero-order valence-electron chi connectivity index (χ0n) is 10.4. The molecule has 1 aliphatic heterocycles. The van der Waals surface area contributed by atoms with Crippen LogP contribution >= 0.6 is 0 Å². The Balaban J connectivity index is 1.82. The molecular weight excluding hydrogens is 228 g/mol. The number of carbonyl (C=O) groups is 1. The molecule has 1 aromatic carbocycles. The second-order valence-corrected chi connectivity index (χ2v) is 5.01. The predicted octanol–water partition coefficient (Wildman–Crippen LogP) is 2.70. The van der Waals surface area contributed by atoms with Gasteiger partial charge in [0.25, 0.3) is 5.91 Å². The summed E-state index contributed by atoms with van der Waals surface area (Å²) in [6.45, 7) is 3.96. The topological polar surface area (TPSA) is 46.3 Å². The molecule has 4 nitrogen and oxygen atoms in total. The Kier molecular flexibility index (Phi) is 2.78. The van der Waals surface area contributed by atoms with Crippen LogP contribution in [0.25, 0.3) is 11.1 Å². The van der Waals surface area contributed by atoms with E-state index in [0.717, 1.165) is 42.9 Å². The van der Waals surface area contributed by atoms with Gasteiger partial charge in [-0.1, -0.05) is 6.92 Å². The molecule has 0 saturated carbocycles. The van der Waals surface area contributed by atoms with E-state index in [9.17, 15) is 4.79 Å². The Hall–Kier alpha value is -1.84. The van der Waals surface area contributed by atoms with E-state index >= 15 is 0 Å². The first-order chi connectivity index (χ1) is 8.74. The van der Waals surface area contributed by atoms with Crippen molar-refractivity contribution < 1.29 is 9.21 Å². The number of hydrogen-bond acceptors (Lipinski definition) is 3. The summed E-state index contributed by atoms with van der Waals surface area (Å²) in [5, 5.41) is 0. The van der Waals surface area contributed by atoms with Gasteiger partial charge in [0, 0.05) is 18.7 Å². The largest absolute Gasteiger partial charge is 0.443 e. The molecule has 4 heteroatoms. The first-order valence-electron chi connectivity index (χ1n) is 6.36. The number of amides is 1. The fourth-order valence-corrected chi connectivity index (χ4v) is 2.39. The average Bonchev–Trinajstić information content (AvgIpc) is 2.86. The third-order valence-electron chi connectivity index (χ3n) is 3.65. The molecule has 1 amide bonds. The quantitative estimate of drug-likeness (QED) is 0.774. The number of aromatic nitrogens is 1. The van der Waals surface area contributed by atoms with Crippen molar-refractivity contribution in [3.63, 3.8) is 0 Å². The molecule has 0 unspecified atom stereocenters. The van der Waals surface area contributed by atoms with Crippen LogP contribution in [0.2, 0.25) is 0 Å². The van der Waals surface area contributed by atoms with Gasteiger partial charge < -0.3 is 9.32 Å². The van der Waals surface area contributed by atoms with Crippen LogP contribution in [0.5, 0.6) is 0 Å². The van der Waals surface area contributed by atoms with Crippen LogP contribution in [-0.2, 0) is 0 Å². The maximum Gasteiger partial charge on any atom is 0.253 e. The number of hydrogen-bond donors (Lipinski definition) is 0. The van der Waals surface area contributed by atoms with Crippen LogP contribution in [0.3, 0.4) is 0 Å². The summed E-state index contributed by atoms with van der Waals surface area (Å²) >= 11 is 0. The van der Waals surface area contributed by atoms with Gasteiger partial charge in [-0.25, -0.2) is 4.98 Å². The van der Waals surface area contributed by atoms with Gasteiger partial charge in [-0.3, -0.25) is 4.79 Å². The molecule has 1 fully saturated rings. The number of piperidine rings is 1. The fraction of sp³-hybridized carbons (Fsp3) is 0.429. The van der Waals surface area contributed by atoms with Crippen LogP contribution < -0.4 is 0 Å². The smallest absolute Gasteiger partial charge is 0.253 e. The molecule has 0 atom stereocenters. The van der Waals surface area contributed by atoms with E-state index in [0.29, 0.717) is 5.56 Å². The molecule has 0 radical (unpaired) electrons. The van der Waals surface area contributed by atoms with E-state index in [1.165, 1.54) is 6.39 Å². The maximum atomic E-state index is 12.3. The van der Waals surface area contributed by atoms with Crippen LogP contribution in [0.15, 0.2) is 29.0 Å². The van der Waals surface area contributed by atoms with Gasteiger partial charge in [0.2, 0.25) is 0 Å². The van der Waals surface area contributed by atoms with Gasteiger partial charge in [0.1, 0.15) is 5.52 Å². The van der Waals surface area contributed by atoms with Gasteiger partial charge in [-0.2, -0.15) is 0 Å². The lowest BCUT2D eigenvalue weighted by atomic mass is 9.98. The number of likely N-dealkylation sites (tertiary alicyclic amines) is 1. The molecule has 3 rings (SSSR count).